The highest BCUT2D eigenvalue weighted by molar-refractivity contribution is 7.99. The molecule has 0 saturated heterocycles. The van der Waals surface area contributed by atoms with E-state index in [0.29, 0.717) is 22.4 Å². The molecule has 0 aliphatic rings. The Labute approximate surface area is 163 Å². The summed E-state index contributed by atoms with van der Waals surface area (Å²) in [4.78, 5) is 23.4. The number of hydrogen-bond acceptors (Lipinski definition) is 9. The molecule has 0 atom stereocenters. The van der Waals surface area contributed by atoms with Gasteiger partial charge in [0.1, 0.15) is 5.75 Å². The Morgan fingerprint density at radius 1 is 1.18 bits per heavy atom. The molecule has 3 aromatic rings. The Kier molecular flexibility index (Phi) is 5.89. The van der Waals surface area contributed by atoms with Crippen molar-refractivity contribution >= 4 is 35.1 Å². The van der Waals surface area contributed by atoms with Crippen LogP contribution in [-0.2, 0) is 16.6 Å². The molecule has 0 bridgehead atoms. The fourth-order valence-corrected chi connectivity index (χ4v) is 2.94. The predicted octanol–water partition coefficient (Wildman–Crippen LogP) is 1.56. The van der Waals surface area contributed by atoms with E-state index >= 15 is 0 Å². The molecule has 12 heteroatoms. The number of nitrogens with one attached hydrogen (secondary N) is 2. The van der Waals surface area contributed by atoms with Gasteiger partial charge in [-0.15, -0.1) is 10.2 Å². The third-order valence-corrected chi connectivity index (χ3v) is 4.56. The maximum absolute atomic E-state index is 12.2. The Morgan fingerprint density at radius 3 is 2.61 bits per heavy atom. The number of methoxy groups -OCH3 is 1. The normalized spacial score (nSPS) is 10.5. The summed E-state index contributed by atoms with van der Waals surface area (Å²) in [7, 11) is 3.29. The summed E-state index contributed by atoms with van der Waals surface area (Å²) in [6.07, 6.45) is 0. The van der Waals surface area contributed by atoms with Crippen molar-refractivity contribution in [2.75, 3.05) is 23.5 Å². The van der Waals surface area contributed by atoms with E-state index in [1.807, 2.05) is 0 Å². The van der Waals surface area contributed by atoms with Gasteiger partial charge < -0.3 is 19.9 Å². The summed E-state index contributed by atoms with van der Waals surface area (Å²) in [5, 5.41) is 21.3. The first-order valence-corrected chi connectivity index (χ1v) is 9.03. The quantitative estimate of drug-likeness (QED) is 0.563. The Hall–Kier alpha value is -3.41. The number of ether oxygens (including phenoxy) is 1. The Balaban J connectivity index is 1.63. The molecule has 0 radical (unpaired) electrons. The van der Waals surface area contributed by atoms with Crippen molar-refractivity contribution < 1.29 is 19.0 Å². The zero-order chi connectivity index (χ0) is 20.1. The lowest BCUT2D eigenvalue weighted by atomic mass is 10.3. The number of amides is 2. The van der Waals surface area contributed by atoms with Crippen molar-refractivity contribution in [1.29, 1.82) is 0 Å². The number of carbonyl (C=O) groups is 2. The van der Waals surface area contributed by atoms with Crippen molar-refractivity contribution in [2.24, 2.45) is 7.05 Å². The molecule has 2 aromatic heterocycles. The Bertz CT molecular complexity index is 983. The van der Waals surface area contributed by atoms with Crippen LogP contribution in [0.25, 0.3) is 11.5 Å². The summed E-state index contributed by atoms with van der Waals surface area (Å²) >= 11 is 1.21. The molecule has 28 heavy (non-hydrogen) atoms. The van der Waals surface area contributed by atoms with Gasteiger partial charge in [0.25, 0.3) is 0 Å². The van der Waals surface area contributed by atoms with E-state index in [1.165, 1.54) is 18.7 Å². The zero-order valence-electron chi connectivity index (χ0n) is 15.3. The molecular formula is C16H17N7O4S. The van der Waals surface area contributed by atoms with Gasteiger partial charge >= 0.3 is 0 Å². The lowest BCUT2D eigenvalue weighted by Gasteiger charge is -2.06. The van der Waals surface area contributed by atoms with Crippen LogP contribution in [0.2, 0.25) is 0 Å². The van der Waals surface area contributed by atoms with Crippen LogP contribution in [0.1, 0.15) is 6.92 Å². The van der Waals surface area contributed by atoms with Crippen molar-refractivity contribution in [3.8, 4) is 17.3 Å². The number of benzene rings is 1. The average Bonchev–Trinajstić information content (AvgIpc) is 3.26. The number of carbonyl (C=O) groups excluding carboxylic acids is 2. The fourth-order valence-electron chi connectivity index (χ4n) is 2.23. The smallest absolute Gasteiger partial charge is 0.234 e. The van der Waals surface area contributed by atoms with Crippen LogP contribution in [0, 0.1) is 0 Å². The number of rotatable bonds is 7. The minimum Gasteiger partial charge on any atom is -0.497 e. The van der Waals surface area contributed by atoms with Crippen LogP contribution in [0.15, 0.2) is 34.1 Å². The van der Waals surface area contributed by atoms with Gasteiger partial charge in [-0.05, 0) is 34.6 Å². The SMILES string of the molecule is COc1ccc(NC(=O)CSc2nnc(-c3nonc3NC(C)=O)n2C)cc1. The molecule has 0 aliphatic heterocycles. The summed E-state index contributed by atoms with van der Waals surface area (Å²) in [5.74, 6) is 0.832. The summed E-state index contributed by atoms with van der Waals surface area (Å²) < 4.78 is 11.4. The zero-order valence-corrected chi connectivity index (χ0v) is 16.1. The van der Waals surface area contributed by atoms with Gasteiger partial charge in [-0.2, -0.15) is 0 Å². The highest BCUT2D eigenvalue weighted by Crippen LogP contribution is 2.26. The number of thioether (sulfide) groups is 1. The molecule has 2 N–H and O–H groups in total. The van der Waals surface area contributed by atoms with E-state index in [4.69, 9.17) is 4.74 Å². The summed E-state index contributed by atoms with van der Waals surface area (Å²) in [6, 6.07) is 7.03. The standard InChI is InChI=1S/C16H17N7O4S/c1-9(24)17-14-13(21-27-22-14)15-19-20-16(23(15)2)28-8-12(25)18-10-4-6-11(26-3)7-5-10/h4-7H,8H2,1-3H3,(H,18,25)(H,17,22,24). The van der Waals surface area contributed by atoms with Gasteiger partial charge in [0, 0.05) is 19.7 Å². The van der Waals surface area contributed by atoms with Gasteiger partial charge in [-0.25, -0.2) is 4.63 Å². The fraction of sp³-hybridized carbons (Fsp3) is 0.250. The average molecular weight is 403 g/mol. The highest BCUT2D eigenvalue weighted by Gasteiger charge is 2.21. The molecule has 1 aromatic carbocycles. The highest BCUT2D eigenvalue weighted by atomic mass is 32.2. The largest absolute Gasteiger partial charge is 0.497 e. The molecule has 11 nitrogen and oxygen atoms in total. The molecule has 0 spiro atoms. The number of nitrogens with zero attached hydrogens (tertiary/aromatic N) is 5. The minimum atomic E-state index is -0.316. The van der Waals surface area contributed by atoms with Gasteiger partial charge in [-0.1, -0.05) is 11.8 Å². The number of aromatic nitrogens is 5. The van der Waals surface area contributed by atoms with Crippen LogP contribution in [-0.4, -0.2) is 49.8 Å². The molecule has 146 valence electrons. The van der Waals surface area contributed by atoms with Crippen LogP contribution in [0.3, 0.4) is 0 Å². The predicted molar refractivity (Wildman–Crippen MR) is 101 cm³/mol. The van der Waals surface area contributed by atoms with Crippen molar-refractivity contribution in [3.63, 3.8) is 0 Å². The molecule has 0 aliphatic carbocycles. The first-order chi connectivity index (χ1) is 13.5. The minimum absolute atomic E-state index is 0.133. The number of hydrogen-bond donors (Lipinski definition) is 2. The van der Waals surface area contributed by atoms with Crippen molar-refractivity contribution in [2.45, 2.75) is 12.1 Å². The monoisotopic (exact) mass is 403 g/mol. The second kappa shape index (κ2) is 8.52. The maximum Gasteiger partial charge on any atom is 0.234 e. The molecule has 0 saturated carbocycles. The lowest BCUT2D eigenvalue weighted by molar-refractivity contribution is -0.114. The topological polar surface area (TPSA) is 137 Å². The van der Waals surface area contributed by atoms with E-state index in [1.54, 1.807) is 43.0 Å². The maximum atomic E-state index is 12.2. The third kappa shape index (κ3) is 4.46. The summed E-state index contributed by atoms with van der Waals surface area (Å²) in [6.45, 7) is 1.35. The van der Waals surface area contributed by atoms with E-state index in [9.17, 15) is 9.59 Å². The molecule has 0 fully saturated rings. The van der Waals surface area contributed by atoms with Crippen LogP contribution in [0.5, 0.6) is 5.75 Å². The molecule has 3 rings (SSSR count). The van der Waals surface area contributed by atoms with Crippen molar-refractivity contribution in [1.82, 2.24) is 25.1 Å². The van der Waals surface area contributed by atoms with Gasteiger partial charge in [0.2, 0.25) is 17.6 Å². The van der Waals surface area contributed by atoms with E-state index < -0.39 is 0 Å². The first kappa shape index (κ1) is 19.4. The third-order valence-electron chi connectivity index (χ3n) is 3.54. The molecule has 2 heterocycles. The number of anilines is 2. The van der Waals surface area contributed by atoms with Gasteiger partial charge in [0.05, 0.1) is 12.9 Å². The van der Waals surface area contributed by atoms with E-state index in [2.05, 4.69) is 35.8 Å². The molecule has 2 amide bonds. The second-order valence-electron chi connectivity index (χ2n) is 5.57. The Morgan fingerprint density at radius 2 is 1.93 bits per heavy atom. The summed E-state index contributed by atoms with van der Waals surface area (Å²) in [5.41, 5.74) is 0.915. The van der Waals surface area contributed by atoms with Gasteiger partial charge in [-0.3, -0.25) is 9.59 Å². The van der Waals surface area contributed by atoms with E-state index in [0.717, 1.165) is 0 Å². The molecular weight excluding hydrogens is 386 g/mol. The second-order valence-corrected chi connectivity index (χ2v) is 6.52. The van der Waals surface area contributed by atoms with Crippen LogP contribution >= 0.6 is 11.8 Å². The van der Waals surface area contributed by atoms with Crippen LogP contribution in [0.4, 0.5) is 11.5 Å². The lowest BCUT2D eigenvalue weighted by Crippen LogP contribution is -2.14. The first-order valence-electron chi connectivity index (χ1n) is 8.04. The van der Waals surface area contributed by atoms with Gasteiger partial charge in [0.15, 0.2) is 16.7 Å². The van der Waals surface area contributed by atoms with Crippen LogP contribution < -0.4 is 15.4 Å². The molecule has 0 unspecified atom stereocenters. The van der Waals surface area contributed by atoms with Crippen molar-refractivity contribution in [3.05, 3.63) is 24.3 Å². The van der Waals surface area contributed by atoms with E-state index in [-0.39, 0.29) is 29.1 Å².